The molecule has 4 heteroatoms. The Hall–Kier alpha value is -3.66. The van der Waals surface area contributed by atoms with Gasteiger partial charge in [0.15, 0.2) is 0 Å². The van der Waals surface area contributed by atoms with Crippen molar-refractivity contribution in [3.05, 3.63) is 96.7 Å². The minimum absolute atomic E-state index is 0.754. The van der Waals surface area contributed by atoms with E-state index in [1.54, 1.807) is 4.68 Å². The maximum Gasteiger partial charge on any atom is 0.102 e. The largest absolute Gasteiger partial charge is 0.411 e. The molecule has 0 bridgehead atoms. The first-order valence-corrected chi connectivity index (χ1v) is 8.33. The first kappa shape index (κ1) is 15.8. The quantitative estimate of drug-likeness (QED) is 0.323. The number of benzene rings is 3. The first-order chi connectivity index (χ1) is 12.8. The van der Waals surface area contributed by atoms with Crippen LogP contribution in [0.1, 0.15) is 5.56 Å². The highest BCUT2D eigenvalue weighted by atomic mass is 16.4. The Morgan fingerprint density at radius 2 is 1.31 bits per heavy atom. The van der Waals surface area contributed by atoms with E-state index in [0.717, 1.165) is 28.1 Å². The van der Waals surface area contributed by atoms with Gasteiger partial charge in [-0.05, 0) is 23.3 Å². The fraction of sp³-hybridized carbons (Fsp3) is 0. The van der Waals surface area contributed by atoms with Gasteiger partial charge in [0.1, 0.15) is 5.69 Å². The molecule has 0 spiro atoms. The zero-order chi connectivity index (χ0) is 17.8. The van der Waals surface area contributed by atoms with Crippen molar-refractivity contribution in [3.63, 3.8) is 0 Å². The molecule has 0 aliphatic rings. The second kappa shape index (κ2) is 7.07. The number of oxime groups is 1. The third-order valence-corrected chi connectivity index (χ3v) is 4.23. The van der Waals surface area contributed by atoms with Crippen LogP contribution in [0.15, 0.2) is 96.3 Å². The van der Waals surface area contributed by atoms with E-state index in [0.29, 0.717) is 0 Å². The van der Waals surface area contributed by atoms with Crippen LogP contribution in [0.25, 0.3) is 28.1 Å². The van der Waals surface area contributed by atoms with E-state index in [1.807, 2.05) is 66.9 Å². The molecule has 0 saturated heterocycles. The highest BCUT2D eigenvalue weighted by molar-refractivity contribution is 5.88. The van der Waals surface area contributed by atoms with Gasteiger partial charge in [-0.3, -0.25) is 0 Å². The Kier molecular flexibility index (Phi) is 4.31. The highest BCUT2D eigenvalue weighted by Gasteiger charge is 2.11. The summed E-state index contributed by atoms with van der Waals surface area (Å²) in [5.74, 6) is 0. The smallest absolute Gasteiger partial charge is 0.102 e. The number of hydrogen-bond acceptors (Lipinski definition) is 3. The molecule has 4 aromatic rings. The van der Waals surface area contributed by atoms with Gasteiger partial charge in [0.2, 0.25) is 0 Å². The maximum absolute atomic E-state index is 9.00. The lowest BCUT2D eigenvalue weighted by atomic mass is 10.0. The van der Waals surface area contributed by atoms with Crippen LogP contribution >= 0.6 is 0 Å². The fourth-order valence-corrected chi connectivity index (χ4v) is 2.93. The van der Waals surface area contributed by atoms with Crippen molar-refractivity contribution in [2.75, 3.05) is 0 Å². The van der Waals surface area contributed by atoms with Crippen LogP contribution in [0.4, 0.5) is 0 Å². The van der Waals surface area contributed by atoms with Crippen LogP contribution in [0.3, 0.4) is 0 Å². The average Bonchev–Trinajstić information content (AvgIpc) is 3.14. The van der Waals surface area contributed by atoms with Crippen molar-refractivity contribution in [1.82, 2.24) is 9.78 Å². The predicted molar refractivity (Wildman–Crippen MR) is 104 cm³/mol. The Morgan fingerprint density at radius 3 is 1.96 bits per heavy atom. The van der Waals surface area contributed by atoms with Crippen molar-refractivity contribution >= 4 is 6.21 Å². The summed E-state index contributed by atoms with van der Waals surface area (Å²) in [6.45, 7) is 0. The minimum atomic E-state index is 0.754. The molecule has 1 heterocycles. The van der Waals surface area contributed by atoms with Gasteiger partial charge < -0.3 is 5.21 Å². The summed E-state index contributed by atoms with van der Waals surface area (Å²) < 4.78 is 1.79. The summed E-state index contributed by atoms with van der Waals surface area (Å²) in [4.78, 5) is 0. The summed E-state index contributed by atoms with van der Waals surface area (Å²) in [5.41, 5.74) is 5.76. The van der Waals surface area contributed by atoms with Crippen molar-refractivity contribution in [1.29, 1.82) is 0 Å². The lowest BCUT2D eigenvalue weighted by Gasteiger charge is -2.04. The zero-order valence-corrected chi connectivity index (χ0v) is 14.0. The molecule has 4 nitrogen and oxygen atoms in total. The molecule has 126 valence electrons. The summed E-state index contributed by atoms with van der Waals surface area (Å²) in [6, 6.07) is 28.3. The van der Waals surface area contributed by atoms with E-state index in [1.165, 1.54) is 11.8 Å². The van der Waals surface area contributed by atoms with Crippen LogP contribution in [-0.2, 0) is 0 Å². The van der Waals surface area contributed by atoms with Gasteiger partial charge >= 0.3 is 0 Å². The lowest BCUT2D eigenvalue weighted by molar-refractivity contribution is 0.322. The van der Waals surface area contributed by atoms with E-state index < -0.39 is 0 Å². The molecule has 1 aromatic heterocycles. The molecule has 0 radical (unpaired) electrons. The molecule has 26 heavy (non-hydrogen) atoms. The third kappa shape index (κ3) is 3.13. The van der Waals surface area contributed by atoms with Gasteiger partial charge in [0.25, 0.3) is 0 Å². The normalized spacial score (nSPS) is 11.1. The molecule has 0 aliphatic heterocycles. The summed E-state index contributed by atoms with van der Waals surface area (Å²) in [6.07, 6.45) is 3.27. The zero-order valence-electron chi connectivity index (χ0n) is 14.0. The summed E-state index contributed by atoms with van der Waals surface area (Å²) in [5, 5.41) is 16.9. The van der Waals surface area contributed by atoms with E-state index in [4.69, 9.17) is 5.21 Å². The molecule has 4 rings (SSSR count). The number of rotatable bonds is 4. The van der Waals surface area contributed by atoms with Crippen LogP contribution < -0.4 is 0 Å². The van der Waals surface area contributed by atoms with Crippen LogP contribution in [0, 0.1) is 0 Å². The summed E-state index contributed by atoms with van der Waals surface area (Å²) in [7, 11) is 0. The second-order valence-electron chi connectivity index (χ2n) is 5.90. The molecule has 0 atom stereocenters. The van der Waals surface area contributed by atoms with Crippen molar-refractivity contribution in [2.45, 2.75) is 0 Å². The van der Waals surface area contributed by atoms with E-state index >= 15 is 0 Å². The highest BCUT2D eigenvalue weighted by Crippen LogP contribution is 2.26. The molecule has 3 aromatic carbocycles. The molecular formula is C22H17N3O. The lowest BCUT2D eigenvalue weighted by Crippen LogP contribution is -1.94. The van der Waals surface area contributed by atoms with Gasteiger partial charge in [-0.1, -0.05) is 78.0 Å². The number of hydrogen-bond donors (Lipinski definition) is 1. The standard InChI is InChI=1S/C22H17N3O/c26-23-15-20-16-25(21-9-5-2-6-10-21)24-22(20)19-13-11-18(12-14-19)17-7-3-1-4-8-17/h1-16,26H/b23-15+. The molecule has 0 amide bonds. The number of nitrogens with zero attached hydrogens (tertiary/aromatic N) is 3. The molecule has 0 saturated carbocycles. The topological polar surface area (TPSA) is 50.4 Å². The fourth-order valence-electron chi connectivity index (χ4n) is 2.93. The van der Waals surface area contributed by atoms with E-state index in [2.05, 4.69) is 34.5 Å². The van der Waals surface area contributed by atoms with Crippen LogP contribution in [-0.4, -0.2) is 21.2 Å². The van der Waals surface area contributed by atoms with Gasteiger partial charge in [-0.2, -0.15) is 5.10 Å². The van der Waals surface area contributed by atoms with Crippen LogP contribution in [0.2, 0.25) is 0 Å². The number of para-hydroxylation sites is 1. The van der Waals surface area contributed by atoms with Crippen molar-refractivity contribution in [3.8, 4) is 28.1 Å². The molecule has 1 N–H and O–H groups in total. The van der Waals surface area contributed by atoms with Gasteiger partial charge in [-0.15, -0.1) is 0 Å². The molecule has 0 unspecified atom stereocenters. The predicted octanol–water partition coefficient (Wildman–Crippen LogP) is 5.01. The Labute approximate surface area is 151 Å². The van der Waals surface area contributed by atoms with Gasteiger partial charge in [0.05, 0.1) is 11.9 Å². The first-order valence-electron chi connectivity index (χ1n) is 8.33. The van der Waals surface area contributed by atoms with E-state index in [-0.39, 0.29) is 0 Å². The Balaban J connectivity index is 1.74. The van der Waals surface area contributed by atoms with Crippen molar-refractivity contribution in [2.24, 2.45) is 5.16 Å². The molecule has 0 fully saturated rings. The second-order valence-corrected chi connectivity index (χ2v) is 5.90. The molecule has 0 aliphatic carbocycles. The SMILES string of the molecule is O/N=C/c1cn(-c2ccccc2)nc1-c1ccc(-c2ccccc2)cc1. The maximum atomic E-state index is 9.00. The minimum Gasteiger partial charge on any atom is -0.411 e. The number of aromatic nitrogens is 2. The van der Waals surface area contributed by atoms with Gasteiger partial charge in [-0.25, -0.2) is 4.68 Å². The van der Waals surface area contributed by atoms with E-state index in [9.17, 15) is 0 Å². The van der Waals surface area contributed by atoms with Crippen LogP contribution in [0.5, 0.6) is 0 Å². The summed E-state index contributed by atoms with van der Waals surface area (Å²) >= 11 is 0. The monoisotopic (exact) mass is 339 g/mol. The average molecular weight is 339 g/mol. The third-order valence-electron chi connectivity index (χ3n) is 4.23. The van der Waals surface area contributed by atoms with Gasteiger partial charge in [0, 0.05) is 17.3 Å². The Morgan fingerprint density at radius 1 is 0.731 bits per heavy atom. The molecular weight excluding hydrogens is 322 g/mol. The van der Waals surface area contributed by atoms with Crippen molar-refractivity contribution < 1.29 is 5.21 Å². The Bertz CT molecular complexity index is 1020.